The number of aliphatic hydroxyl groups is 1. The Morgan fingerprint density at radius 3 is 2.45 bits per heavy atom. The minimum absolute atomic E-state index is 0.0514. The van der Waals surface area contributed by atoms with Crippen LogP contribution >= 0.6 is 0 Å². The standard InChI is InChI=1S/C48H60N4O10/c1-9-43(57)23-29-24-45(41(55)59-7,38-31(14-18-51(25-29)26-43)32-20-30(27(3)53)12-13-35(32)49-38)34-21-33-36(22-37(34)58-6)50(5)48-46(33)16-19-52-17-11-15-44(10-2,39(46)52)40(61-28(4)54)47(48,62-48)42(56)60-8/h11-13,15,20-22,29,34,37,39-40,49,57H,9-10,14,16-19,23-26H2,1-8H3/t29-,34?,37?,39+,40-,43+,44-,45+,46-,47+,48+/m1/s1. The number of nitrogens with one attached hydrogen (secondary N) is 1. The lowest BCUT2D eigenvalue weighted by Crippen LogP contribution is -2.73. The number of hydrogen-bond donors (Lipinski definition) is 2. The first-order chi connectivity index (χ1) is 29.6. The van der Waals surface area contributed by atoms with E-state index in [0.29, 0.717) is 76.8 Å². The highest BCUT2D eigenvalue weighted by Gasteiger charge is 2.99. The highest BCUT2D eigenvalue weighted by Crippen LogP contribution is 2.82. The largest absolute Gasteiger partial charge is 0.468 e. The monoisotopic (exact) mass is 852 g/mol. The molecule has 332 valence electrons. The first-order valence-corrected chi connectivity index (χ1v) is 22.4. The van der Waals surface area contributed by atoms with Gasteiger partial charge in [-0.2, -0.15) is 0 Å². The van der Waals surface area contributed by atoms with E-state index in [2.05, 4.69) is 50.9 Å². The summed E-state index contributed by atoms with van der Waals surface area (Å²) in [6.45, 7) is 10.3. The van der Waals surface area contributed by atoms with Crippen LogP contribution in [0.5, 0.6) is 0 Å². The number of likely N-dealkylation sites (N-methyl/N-ethyl adjacent to an activating group) is 1. The molecule has 2 aliphatic carbocycles. The molecule has 1 saturated carbocycles. The Morgan fingerprint density at radius 2 is 1.77 bits per heavy atom. The summed E-state index contributed by atoms with van der Waals surface area (Å²) in [6.07, 6.45) is 10.1. The average molecular weight is 853 g/mol. The Hall–Kier alpha value is -4.34. The molecule has 3 unspecified atom stereocenters. The number of allylic oxidation sites excluding steroid dienone is 1. The van der Waals surface area contributed by atoms with Crippen molar-refractivity contribution in [1.82, 2.24) is 19.7 Å². The van der Waals surface area contributed by atoms with Crippen molar-refractivity contribution in [3.05, 3.63) is 70.6 Å². The number of likely N-dealkylation sites (tertiary alicyclic amines) is 1. The smallest absolute Gasteiger partial charge is 0.347 e. The molecule has 1 aromatic carbocycles. The molecule has 14 heteroatoms. The normalized spacial score (nSPS) is 41.2. The van der Waals surface area contributed by atoms with E-state index < -0.39 is 69.2 Å². The van der Waals surface area contributed by atoms with E-state index >= 15 is 4.79 Å². The number of rotatable bonds is 8. The van der Waals surface area contributed by atoms with Crippen molar-refractivity contribution in [2.75, 3.05) is 61.1 Å². The third-order valence-corrected chi connectivity index (χ3v) is 16.9. The number of benzene rings is 1. The second-order valence-corrected chi connectivity index (χ2v) is 19.5. The van der Waals surface area contributed by atoms with Gasteiger partial charge in [-0.25, -0.2) is 4.79 Å². The second-order valence-electron chi connectivity index (χ2n) is 19.5. The van der Waals surface area contributed by atoms with Crippen molar-refractivity contribution < 1.29 is 48.0 Å². The predicted octanol–water partition coefficient (Wildman–Crippen LogP) is 4.20. The fourth-order valence-electron chi connectivity index (χ4n) is 14.6. The first kappa shape index (κ1) is 41.7. The van der Waals surface area contributed by atoms with Gasteiger partial charge in [0.2, 0.25) is 0 Å². The summed E-state index contributed by atoms with van der Waals surface area (Å²) in [5, 5.41) is 12.9. The maximum Gasteiger partial charge on any atom is 0.347 e. The Balaban J connectivity index is 1.26. The molecule has 12 atom stereocenters. The van der Waals surface area contributed by atoms with Crippen LogP contribution < -0.4 is 0 Å². The molecule has 8 aliphatic rings. The zero-order chi connectivity index (χ0) is 43.9. The van der Waals surface area contributed by atoms with Crippen LogP contribution in [0, 0.1) is 22.7 Å². The number of nitrogens with zero attached hydrogens (tertiary/aromatic N) is 3. The zero-order valence-electron chi connectivity index (χ0n) is 37.2. The van der Waals surface area contributed by atoms with Crippen LogP contribution in [0.25, 0.3) is 10.9 Å². The van der Waals surface area contributed by atoms with Gasteiger partial charge in [0.1, 0.15) is 5.41 Å². The van der Waals surface area contributed by atoms with Gasteiger partial charge in [0.15, 0.2) is 17.6 Å². The molecule has 5 fully saturated rings. The Kier molecular flexibility index (Phi) is 9.29. The number of epoxide rings is 1. The minimum Gasteiger partial charge on any atom is -0.468 e. The average Bonchev–Trinajstić information content (AvgIpc) is 3.51. The van der Waals surface area contributed by atoms with Gasteiger partial charge in [0.25, 0.3) is 5.60 Å². The number of aromatic nitrogens is 1. The third kappa shape index (κ3) is 4.93. The molecule has 2 N–H and O–H groups in total. The van der Waals surface area contributed by atoms with E-state index in [1.54, 1.807) is 14.0 Å². The number of ether oxygens (including phenoxy) is 5. The van der Waals surface area contributed by atoms with E-state index in [9.17, 15) is 19.5 Å². The zero-order valence-corrected chi connectivity index (χ0v) is 37.2. The molecule has 7 heterocycles. The summed E-state index contributed by atoms with van der Waals surface area (Å²) in [5.74, 6) is -2.34. The molecular formula is C48H60N4O10. The van der Waals surface area contributed by atoms with Gasteiger partial charge < -0.3 is 38.7 Å². The van der Waals surface area contributed by atoms with Crippen LogP contribution in [-0.2, 0) is 49.9 Å². The molecule has 6 aliphatic heterocycles. The van der Waals surface area contributed by atoms with E-state index in [1.165, 1.54) is 21.1 Å². The molecule has 4 saturated heterocycles. The molecule has 1 aromatic heterocycles. The van der Waals surface area contributed by atoms with Crippen LogP contribution in [0.15, 0.2) is 53.8 Å². The van der Waals surface area contributed by atoms with Crippen LogP contribution in [0.1, 0.15) is 81.4 Å². The number of esters is 3. The quantitative estimate of drug-likeness (QED) is 0.128. The summed E-state index contributed by atoms with van der Waals surface area (Å²) in [5.41, 5.74) is -2.12. The molecule has 14 nitrogen and oxygen atoms in total. The number of ketones is 1. The van der Waals surface area contributed by atoms with Gasteiger partial charge in [-0.15, -0.1) is 0 Å². The molecule has 62 heavy (non-hydrogen) atoms. The van der Waals surface area contributed by atoms with Gasteiger partial charge in [0, 0.05) is 92.5 Å². The maximum absolute atomic E-state index is 15.5. The minimum atomic E-state index is -1.67. The first-order valence-electron chi connectivity index (χ1n) is 22.4. The van der Waals surface area contributed by atoms with Crippen LogP contribution in [0.2, 0.25) is 0 Å². The van der Waals surface area contributed by atoms with Gasteiger partial charge in [0.05, 0.1) is 31.3 Å². The van der Waals surface area contributed by atoms with Gasteiger partial charge in [-0.3, -0.25) is 24.2 Å². The number of piperidine rings is 1. The highest BCUT2D eigenvalue weighted by molar-refractivity contribution is 6.00. The molecule has 2 bridgehead atoms. The lowest BCUT2D eigenvalue weighted by Gasteiger charge is -2.58. The number of carbonyl (C=O) groups excluding carboxylic acids is 4. The summed E-state index contributed by atoms with van der Waals surface area (Å²) < 4.78 is 31.7. The molecule has 2 spiro atoms. The molecular weight excluding hydrogens is 793 g/mol. The van der Waals surface area contributed by atoms with E-state index in [0.717, 1.165) is 33.4 Å². The maximum atomic E-state index is 15.5. The Morgan fingerprint density at radius 1 is 1.00 bits per heavy atom. The number of hydrogen-bond acceptors (Lipinski definition) is 13. The molecule has 2 aromatic rings. The van der Waals surface area contributed by atoms with Gasteiger partial charge in [-0.05, 0) is 93.3 Å². The van der Waals surface area contributed by atoms with Crippen molar-refractivity contribution in [1.29, 1.82) is 0 Å². The summed E-state index contributed by atoms with van der Waals surface area (Å²) in [6, 6.07) is 5.42. The number of carbonyl (C=O) groups is 4. The van der Waals surface area contributed by atoms with Crippen LogP contribution in [0.3, 0.4) is 0 Å². The molecule has 0 radical (unpaired) electrons. The van der Waals surface area contributed by atoms with E-state index in [1.807, 2.05) is 32.2 Å². The SMILES string of the molecule is CC[C@]1(O)C[C@H]2CN(CCc3c([nH]c4ccc(C(C)=O)cc34)[C@@](C(=O)OC)(C3C=C4C(=CC3OC)N(C)[C@@]35O[C@]3(C(=O)OC)[C@H](OC(C)=O)[C@]3(CC)C=CCN6CC[C@]45[C@@H]63)C2)C1. The van der Waals surface area contributed by atoms with Crippen molar-refractivity contribution in [2.24, 2.45) is 22.7 Å². The number of aromatic amines is 1. The van der Waals surface area contributed by atoms with Crippen molar-refractivity contribution in [2.45, 2.75) is 107 Å². The molecule has 0 amide bonds. The third-order valence-electron chi connectivity index (χ3n) is 16.9. The summed E-state index contributed by atoms with van der Waals surface area (Å²) in [4.78, 5) is 66.7. The van der Waals surface area contributed by atoms with E-state index in [4.69, 9.17) is 23.7 Å². The van der Waals surface area contributed by atoms with E-state index in [-0.39, 0.29) is 17.7 Å². The highest BCUT2D eigenvalue weighted by atomic mass is 16.7. The lowest BCUT2D eigenvalue weighted by atomic mass is 9.48. The fraction of sp³-hybridized carbons (Fsp3) is 0.625. The molecule has 10 rings (SSSR count). The van der Waals surface area contributed by atoms with Gasteiger partial charge >= 0.3 is 17.9 Å². The summed E-state index contributed by atoms with van der Waals surface area (Å²) in [7, 11) is 6.39. The van der Waals surface area contributed by atoms with Crippen molar-refractivity contribution in [3.8, 4) is 0 Å². The second kappa shape index (κ2) is 13.8. The number of Topliss-reactive ketones (excluding diaryl/α,β-unsaturated/α-hetero) is 1. The topological polar surface area (TPSA) is 163 Å². The van der Waals surface area contributed by atoms with Gasteiger partial charge in [-0.1, -0.05) is 32.1 Å². The summed E-state index contributed by atoms with van der Waals surface area (Å²) >= 11 is 0. The Labute approximate surface area is 362 Å². The van der Waals surface area contributed by atoms with Crippen LogP contribution in [0.4, 0.5) is 0 Å². The van der Waals surface area contributed by atoms with Crippen molar-refractivity contribution in [3.63, 3.8) is 0 Å². The fourth-order valence-corrected chi connectivity index (χ4v) is 14.6. The number of methoxy groups -OCH3 is 3. The number of fused-ring (bicyclic) bond motifs is 6. The van der Waals surface area contributed by atoms with Crippen molar-refractivity contribution >= 4 is 34.6 Å². The lowest BCUT2D eigenvalue weighted by molar-refractivity contribution is -0.182. The predicted molar refractivity (Wildman–Crippen MR) is 227 cm³/mol. The number of H-pyrrole nitrogens is 1. The Bertz CT molecular complexity index is 2390. The van der Waals surface area contributed by atoms with Crippen LogP contribution in [-0.4, -0.2) is 145 Å².